The summed E-state index contributed by atoms with van der Waals surface area (Å²) in [7, 11) is 0. The molecule has 0 amide bonds. The zero-order valence-electron chi connectivity index (χ0n) is 33.5. The average molecular weight is 794 g/mol. The Hall–Kier alpha value is -8.29. The highest BCUT2D eigenvalue weighted by atomic mass is 16.3. The van der Waals surface area contributed by atoms with Crippen LogP contribution in [0.1, 0.15) is 0 Å². The topological polar surface area (TPSA) is 40.7 Å². The Morgan fingerprint density at radius 3 is 1.82 bits per heavy atom. The van der Waals surface area contributed by atoms with E-state index in [4.69, 9.17) is 9.40 Å². The van der Waals surface area contributed by atoms with Crippen LogP contribution in [0.5, 0.6) is 0 Å². The summed E-state index contributed by atoms with van der Waals surface area (Å²) in [4.78, 5) is 12.2. The maximum Gasteiger partial charge on any atom is 0.421 e. The summed E-state index contributed by atoms with van der Waals surface area (Å²) in [5.41, 5.74) is 17.5. The Morgan fingerprint density at radius 2 is 1.05 bits per heavy atom. The number of nitrogens with zero attached hydrogens (tertiary/aromatic N) is 5. The molecule has 2 aromatic heterocycles. The molecule has 0 spiro atoms. The largest absolute Gasteiger partial charge is 0.436 e. The zero-order chi connectivity index (χ0) is 40.7. The van der Waals surface area contributed by atoms with Crippen molar-refractivity contribution in [1.82, 2.24) is 9.55 Å². The Bertz CT molecular complexity index is 3470. The van der Waals surface area contributed by atoms with Crippen molar-refractivity contribution in [1.29, 1.82) is 0 Å². The fourth-order valence-corrected chi connectivity index (χ4v) is 9.87. The Morgan fingerprint density at radius 1 is 0.435 bits per heavy atom. The van der Waals surface area contributed by atoms with Crippen LogP contribution in [0.2, 0.25) is 0 Å². The van der Waals surface area contributed by atoms with Crippen molar-refractivity contribution in [2.75, 3.05) is 14.5 Å². The van der Waals surface area contributed by atoms with Gasteiger partial charge >= 0.3 is 6.98 Å². The second kappa shape index (κ2) is 13.6. The Kier molecular flexibility index (Phi) is 7.60. The highest BCUT2D eigenvalue weighted by molar-refractivity contribution is 6.86. The van der Waals surface area contributed by atoms with Gasteiger partial charge in [0.1, 0.15) is 5.52 Å². The molecule has 4 heterocycles. The van der Waals surface area contributed by atoms with Crippen molar-refractivity contribution in [2.24, 2.45) is 0 Å². The van der Waals surface area contributed by atoms with E-state index in [1.165, 1.54) is 38.7 Å². The third-order valence-electron chi connectivity index (χ3n) is 12.5. The van der Waals surface area contributed by atoms with E-state index in [2.05, 4.69) is 237 Å². The molecule has 0 bridgehead atoms. The number of benzene rings is 9. The van der Waals surface area contributed by atoms with Gasteiger partial charge in [-0.15, -0.1) is 0 Å². The fraction of sp³-hybridized carbons (Fsp3) is 0. The fourth-order valence-electron chi connectivity index (χ4n) is 9.87. The van der Waals surface area contributed by atoms with Crippen molar-refractivity contribution in [2.45, 2.75) is 0 Å². The van der Waals surface area contributed by atoms with Gasteiger partial charge in [0.15, 0.2) is 5.58 Å². The van der Waals surface area contributed by atoms with Crippen LogP contribution in [0.15, 0.2) is 223 Å². The van der Waals surface area contributed by atoms with E-state index in [1.54, 1.807) is 0 Å². The molecule has 0 atom stereocenters. The van der Waals surface area contributed by atoms with Crippen LogP contribution >= 0.6 is 0 Å². The van der Waals surface area contributed by atoms with Crippen molar-refractivity contribution in [3.63, 3.8) is 0 Å². The quantitative estimate of drug-likeness (QED) is 0.157. The van der Waals surface area contributed by atoms with Gasteiger partial charge in [0, 0.05) is 62.1 Å². The van der Waals surface area contributed by atoms with Crippen LogP contribution in [-0.2, 0) is 0 Å². The molecule has 9 aromatic carbocycles. The molecule has 0 fully saturated rings. The molecule has 0 saturated carbocycles. The Labute approximate surface area is 358 Å². The second-order valence-corrected chi connectivity index (χ2v) is 16.0. The summed E-state index contributed by atoms with van der Waals surface area (Å²) in [6.07, 6.45) is 0. The van der Waals surface area contributed by atoms with E-state index in [-0.39, 0.29) is 6.98 Å². The summed E-state index contributed by atoms with van der Waals surface area (Å²) in [6.45, 7) is -0.0532. The molecule has 13 rings (SSSR count). The number of anilines is 7. The third-order valence-corrected chi connectivity index (χ3v) is 12.5. The summed E-state index contributed by atoms with van der Waals surface area (Å²) in [5.74, 6) is 0.593. The first-order chi connectivity index (χ1) is 30.8. The molecule has 62 heavy (non-hydrogen) atoms. The highest BCUT2D eigenvalue weighted by Crippen LogP contribution is 2.51. The molecule has 6 nitrogen and oxygen atoms in total. The standard InChI is InChI=1S/C55H36BN5O/c1-3-15-38(16-4-1)58(39-17-5-2-6-18-39)41-31-33-46-45-21-8-11-23-49(45)59(53(46)35-41)40-29-27-37(28-30-40)55-57-48-34-32-42(36-54(48)62-55)60-51-25-13-14-26-52(51)61-50-24-12-9-20-44(50)43-19-7-10-22-47(43)56(60)61/h1-36H. The predicted octanol–water partition coefficient (Wildman–Crippen LogP) is 13.7. The molecular weight excluding hydrogens is 757 g/mol. The lowest BCUT2D eigenvalue weighted by molar-refractivity contribution is 0.620. The maximum absolute atomic E-state index is 6.64. The van der Waals surface area contributed by atoms with Gasteiger partial charge in [-0.3, -0.25) is 0 Å². The molecule has 0 saturated heterocycles. The highest BCUT2D eigenvalue weighted by Gasteiger charge is 2.47. The van der Waals surface area contributed by atoms with Crippen LogP contribution in [-0.4, -0.2) is 16.5 Å². The molecule has 11 aromatic rings. The summed E-state index contributed by atoms with van der Waals surface area (Å²) >= 11 is 0. The molecule has 7 heteroatoms. The van der Waals surface area contributed by atoms with Crippen molar-refractivity contribution < 1.29 is 4.42 Å². The van der Waals surface area contributed by atoms with Gasteiger partial charge in [-0.1, -0.05) is 115 Å². The van der Waals surface area contributed by atoms with Gasteiger partial charge < -0.3 is 23.5 Å². The third kappa shape index (κ3) is 5.21. The van der Waals surface area contributed by atoms with Gasteiger partial charge in [-0.05, 0) is 108 Å². The first kappa shape index (κ1) is 34.6. The number of hydrogen-bond donors (Lipinski definition) is 0. The number of aromatic nitrogens is 2. The second-order valence-electron chi connectivity index (χ2n) is 16.0. The predicted molar refractivity (Wildman–Crippen MR) is 256 cm³/mol. The van der Waals surface area contributed by atoms with Crippen molar-refractivity contribution in [3.8, 4) is 28.3 Å². The van der Waals surface area contributed by atoms with Gasteiger partial charge in [0.25, 0.3) is 0 Å². The van der Waals surface area contributed by atoms with E-state index < -0.39 is 0 Å². The lowest BCUT2D eigenvalue weighted by Gasteiger charge is -2.36. The minimum absolute atomic E-state index is 0.0532. The number of oxazole rings is 1. The molecule has 0 N–H and O–H groups in total. The first-order valence-electron chi connectivity index (χ1n) is 21.1. The minimum Gasteiger partial charge on any atom is -0.436 e. The van der Waals surface area contributed by atoms with Crippen molar-refractivity contribution in [3.05, 3.63) is 218 Å². The number of fused-ring (bicyclic) bond motifs is 12. The molecule has 0 unspecified atom stereocenters. The summed E-state index contributed by atoms with van der Waals surface area (Å²) in [5, 5.41) is 2.41. The van der Waals surface area contributed by atoms with Crippen LogP contribution in [0.25, 0.3) is 61.2 Å². The monoisotopic (exact) mass is 793 g/mol. The number of para-hydroxylation sites is 6. The normalized spacial score (nSPS) is 12.7. The van der Waals surface area contributed by atoms with Gasteiger partial charge in [0.2, 0.25) is 5.89 Å². The van der Waals surface area contributed by atoms with E-state index in [1.807, 2.05) is 0 Å². The van der Waals surface area contributed by atoms with Crippen LogP contribution in [0.4, 0.5) is 39.8 Å². The zero-order valence-corrected chi connectivity index (χ0v) is 33.5. The maximum atomic E-state index is 6.64. The van der Waals surface area contributed by atoms with Gasteiger partial charge in [0.05, 0.1) is 22.4 Å². The average Bonchev–Trinajstić information content (AvgIpc) is 4.03. The lowest BCUT2D eigenvalue weighted by Crippen LogP contribution is -2.55. The SMILES string of the molecule is c1ccc(N(c2ccccc2)c2ccc3c4ccccc4n(-c4ccc(-c5nc6ccc(N7B8c9ccccc9-c9ccccc9N8c8ccccc87)cc6o5)cc4)c3c2)cc1. The summed E-state index contributed by atoms with van der Waals surface area (Å²) in [6, 6.07) is 77.8. The van der Waals surface area contributed by atoms with Gasteiger partial charge in [-0.25, -0.2) is 4.98 Å². The van der Waals surface area contributed by atoms with Crippen molar-refractivity contribution >= 4 is 85.2 Å². The molecule has 2 aliphatic heterocycles. The van der Waals surface area contributed by atoms with E-state index >= 15 is 0 Å². The molecule has 2 aliphatic rings. The number of hydrogen-bond acceptors (Lipinski definition) is 5. The number of rotatable bonds is 6. The van der Waals surface area contributed by atoms with Crippen LogP contribution < -0.4 is 20.0 Å². The molecular formula is C55H36BN5O. The van der Waals surface area contributed by atoms with E-state index in [0.717, 1.165) is 61.8 Å². The molecule has 0 radical (unpaired) electrons. The van der Waals surface area contributed by atoms with E-state index in [9.17, 15) is 0 Å². The Balaban J connectivity index is 0.883. The van der Waals surface area contributed by atoms with Gasteiger partial charge in [-0.2, -0.15) is 0 Å². The van der Waals surface area contributed by atoms with E-state index in [0.29, 0.717) is 5.89 Å². The molecule has 290 valence electrons. The molecule has 0 aliphatic carbocycles. The smallest absolute Gasteiger partial charge is 0.421 e. The van der Waals surface area contributed by atoms with Crippen LogP contribution in [0, 0.1) is 0 Å². The first-order valence-corrected chi connectivity index (χ1v) is 21.1. The summed E-state index contributed by atoms with van der Waals surface area (Å²) < 4.78 is 9.00. The minimum atomic E-state index is -0.0532. The lowest BCUT2D eigenvalue weighted by atomic mass is 9.59. The van der Waals surface area contributed by atoms with Crippen LogP contribution in [0.3, 0.4) is 0 Å².